The number of carbonyl (C=O) groups excluding carboxylic acids is 1. The van der Waals surface area contributed by atoms with Crippen LogP contribution in [0, 0.1) is 0 Å². The van der Waals surface area contributed by atoms with Gasteiger partial charge in [0.05, 0.1) is 11.6 Å². The van der Waals surface area contributed by atoms with Crippen LogP contribution in [-0.2, 0) is 0 Å². The van der Waals surface area contributed by atoms with Crippen LogP contribution in [0.4, 0.5) is 5.69 Å². The fourth-order valence-electron chi connectivity index (χ4n) is 2.96. The maximum absolute atomic E-state index is 12.9. The second-order valence-electron chi connectivity index (χ2n) is 5.25. The van der Waals surface area contributed by atoms with Crippen molar-refractivity contribution in [3.05, 3.63) is 52.2 Å². The molecule has 1 N–H and O–H groups in total. The highest BCUT2D eigenvalue weighted by atomic mass is 32.1. The number of carbonyl (C=O) groups is 1. The molecule has 0 radical (unpaired) electrons. The van der Waals surface area contributed by atoms with E-state index in [0.29, 0.717) is 0 Å². The minimum atomic E-state index is 0.141. The van der Waals surface area contributed by atoms with Gasteiger partial charge in [-0.15, -0.1) is 11.3 Å². The number of thiophene rings is 1. The van der Waals surface area contributed by atoms with Gasteiger partial charge in [0.2, 0.25) is 0 Å². The number of amides is 1. The third-order valence-corrected chi connectivity index (χ3v) is 4.88. The number of anilines is 1. The Morgan fingerprint density at radius 2 is 2.19 bits per heavy atom. The van der Waals surface area contributed by atoms with Crippen molar-refractivity contribution in [3.8, 4) is 0 Å². The van der Waals surface area contributed by atoms with Crippen molar-refractivity contribution in [3.63, 3.8) is 0 Å². The molecule has 3 rings (SSSR count). The quantitative estimate of drug-likeness (QED) is 0.919. The lowest BCUT2D eigenvalue weighted by molar-refractivity contribution is 0.0739. The number of likely N-dealkylation sites (tertiary alicyclic amines) is 1. The van der Waals surface area contributed by atoms with Gasteiger partial charge >= 0.3 is 0 Å². The molecule has 0 saturated carbocycles. The third kappa shape index (κ3) is 2.81. The second kappa shape index (κ2) is 6.31. The van der Waals surface area contributed by atoms with Crippen molar-refractivity contribution in [2.75, 3.05) is 18.4 Å². The summed E-state index contributed by atoms with van der Waals surface area (Å²) in [4.78, 5) is 16.3. The van der Waals surface area contributed by atoms with Crippen LogP contribution in [-0.4, -0.2) is 23.9 Å². The Labute approximate surface area is 129 Å². The van der Waals surface area contributed by atoms with E-state index in [1.54, 1.807) is 11.3 Å². The first-order chi connectivity index (χ1) is 10.3. The molecule has 2 heterocycles. The van der Waals surface area contributed by atoms with Gasteiger partial charge in [0, 0.05) is 23.7 Å². The van der Waals surface area contributed by atoms with Crippen molar-refractivity contribution in [2.45, 2.75) is 25.8 Å². The van der Waals surface area contributed by atoms with Gasteiger partial charge in [0.1, 0.15) is 0 Å². The predicted octanol–water partition coefficient (Wildman–Crippen LogP) is 4.16. The van der Waals surface area contributed by atoms with E-state index >= 15 is 0 Å². The Morgan fingerprint density at radius 3 is 2.95 bits per heavy atom. The highest BCUT2D eigenvalue weighted by molar-refractivity contribution is 7.10. The third-order valence-electron chi connectivity index (χ3n) is 3.91. The Balaban J connectivity index is 1.88. The van der Waals surface area contributed by atoms with E-state index in [0.717, 1.165) is 37.2 Å². The fourth-order valence-corrected chi connectivity index (χ4v) is 3.83. The molecule has 1 saturated heterocycles. The summed E-state index contributed by atoms with van der Waals surface area (Å²) in [5.74, 6) is 0.141. The van der Waals surface area contributed by atoms with Crippen LogP contribution in [0.1, 0.15) is 41.0 Å². The average Bonchev–Trinajstić information content (AvgIpc) is 3.18. The average molecular weight is 300 g/mol. The van der Waals surface area contributed by atoms with Gasteiger partial charge in [-0.25, -0.2) is 0 Å². The first-order valence-corrected chi connectivity index (χ1v) is 8.36. The largest absolute Gasteiger partial charge is 0.385 e. The Kier molecular flexibility index (Phi) is 4.25. The van der Waals surface area contributed by atoms with Crippen LogP contribution >= 0.6 is 11.3 Å². The van der Waals surface area contributed by atoms with Gasteiger partial charge < -0.3 is 10.2 Å². The van der Waals surface area contributed by atoms with Gasteiger partial charge in [-0.05, 0) is 43.3 Å². The van der Waals surface area contributed by atoms with Crippen molar-refractivity contribution in [2.24, 2.45) is 0 Å². The molecule has 2 aromatic rings. The number of benzene rings is 1. The molecule has 1 fully saturated rings. The number of hydrogen-bond acceptors (Lipinski definition) is 3. The summed E-state index contributed by atoms with van der Waals surface area (Å²) < 4.78 is 0. The standard InChI is InChI=1S/C17H20N2OS/c1-2-18-14-8-4-3-7-13(14)17(20)19-11-5-9-15(19)16-10-6-12-21-16/h3-4,6-8,10,12,15,18H,2,5,9,11H2,1H3. The molecule has 0 bridgehead atoms. The zero-order chi connectivity index (χ0) is 14.7. The van der Waals surface area contributed by atoms with Crippen LogP contribution in [0.5, 0.6) is 0 Å². The topological polar surface area (TPSA) is 32.3 Å². The monoisotopic (exact) mass is 300 g/mol. The second-order valence-corrected chi connectivity index (χ2v) is 6.23. The number of rotatable bonds is 4. The lowest BCUT2D eigenvalue weighted by Crippen LogP contribution is -2.30. The smallest absolute Gasteiger partial charge is 0.256 e. The van der Waals surface area contributed by atoms with Crippen molar-refractivity contribution < 1.29 is 4.79 Å². The van der Waals surface area contributed by atoms with E-state index in [-0.39, 0.29) is 11.9 Å². The van der Waals surface area contributed by atoms with Crippen LogP contribution in [0.25, 0.3) is 0 Å². The molecule has 1 aromatic heterocycles. The summed E-state index contributed by atoms with van der Waals surface area (Å²) in [7, 11) is 0. The van der Waals surface area contributed by atoms with Gasteiger partial charge in [0.15, 0.2) is 0 Å². The van der Waals surface area contributed by atoms with E-state index in [1.165, 1.54) is 4.88 Å². The zero-order valence-electron chi connectivity index (χ0n) is 12.2. The normalized spacial score (nSPS) is 18.0. The van der Waals surface area contributed by atoms with Crippen LogP contribution in [0.2, 0.25) is 0 Å². The summed E-state index contributed by atoms with van der Waals surface area (Å²) in [5.41, 5.74) is 1.71. The summed E-state index contributed by atoms with van der Waals surface area (Å²) in [6.45, 7) is 3.71. The SMILES string of the molecule is CCNc1ccccc1C(=O)N1CCCC1c1cccs1. The summed E-state index contributed by atoms with van der Waals surface area (Å²) in [5, 5.41) is 5.37. The molecule has 21 heavy (non-hydrogen) atoms. The summed E-state index contributed by atoms with van der Waals surface area (Å²) in [6, 6.07) is 12.2. The molecule has 0 aliphatic carbocycles. The van der Waals surface area contributed by atoms with Crippen LogP contribution < -0.4 is 5.32 Å². The predicted molar refractivity (Wildman–Crippen MR) is 87.9 cm³/mol. The first kappa shape index (κ1) is 14.1. The summed E-state index contributed by atoms with van der Waals surface area (Å²) >= 11 is 1.74. The number of nitrogens with one attached hydrogen (secondary N) is 1. The number of para-hydroxylation sites is 1. The maximum Gasteiger partial charge on any atom is 0.256 e. The molecule has 1 aliphatic rings. The van der Waals surface area contributed by atoms with Crippen molar-refractivity contribution in [1.82, 2.24) is 4.90 Å². The van der Waals surface area contributed by atoms with E-state index in [4.69, 9.17) is 0 Å². The van der Waals surface area contributed by atoms with Gasteiger partial charge in [0.25, 0.3) is 5.91 Å². The van der Waals surface area contributed by atoms with Gasteiger partial charge in [-0.2, -0.15) is 0 Å². The van der Waals surface area contributed by atoms with Gasteiger partial charge in [-0.3, -0.25) is 4.79 Å². The van der Waals surface area contributed by atoms with E-state index < -0.39 is 0 Å². The molecular weight excluding hydrogens is 280 g/mol. The molecule has 4 heteroatoms. The van der Waals surface area contributed by atoms with E-state index in [9.17, 15) is 4.79 Å². The Bertz CT molecular complexity index is 609. The molecule has 1 amide bonds. The molecule has 110 valence electrons. The van der Waals surface area contributed by atoms with Crippen molar-refractivity contribution >= 4 is 22.9 Å². The van der Waals surface area contributed by atoms with Crippen LogP contribution in [0.15, 0.2) is 41.8 Å². The lowest BCUT2D eigenvalue weighted by atomic mass is 10.1. The van der Waals surface area contributed by atoms with E-state index in [1.807, 2.05) is 36.1 Å². The molecule has 3 nitrogen and oxygen atoms in total. The highest BCUT2D eigenvalue weighted by Crippen LogP contribution is 2.36. The minimum Gasteiger partial charge on any atom is -0.385 e. The zero-order valence-corrected chi connectivity index (χ0v) is 13.0. The summed E-state index contributed by atoms with van der Waals surface area (Å²) in [6.07, 6.45) is 2.15. The molecular formula is C17H20N2OS. The highest BCUT2D eigenvalue weighted by Gasteiger charge is 2.31. The number of nitrogens with zero attached hydrogens (tertiary/aromatic N) is 1. The molecule has 1 aromatic carbocycles. The lowest BCUT2D eigenvalue weighted by Gasteiger charge is -2.25. The molecule has 0 spiro atoms. The molecule has 1 unspecified atom stereocenters. The first-order valence-electron chi connectivity index (χ1n) is 7.48. The van der Waals surface area contributed by atoms with Crippen molar-refractivity contribution in [1.29, 1.82) is 0 Å². The van der Waals surface area contributed by atoms with Crippen LogP contribution in [0.3, 0.4) is 0 Å². The van der Waals surface area contributed by atoms with E-state index in [2.05, 4.69) is 22.8 Å². The number of hydrogen-bond donors (Lipinski definition) is 1. The van der Waals surface area contributed by atoms with Gasteiger partial charge in [-0.1, -0.05) is 18.2 Å². The maximum atomic E-state index is 12.9. The Hall–Kier alpha value is -1.81. The Morgan fingerprint density at radius 1 is 1.33 bits per heavy atom. The minimum absolute atomic E-state index is 0.141. The molecule has 1 atom stereocenters. The molecule has 1 aliphatic heterocycles. The fraction of sp³-hybridized carbons (Fsp3) is 0.353.